The van der Waals surface area contributed by atoms with Gasteiger partial charge in [-0.1, -0.05) is 65.4 Å². The Bertz CT molecular complexity index is 1440. The summed E-state index contributed by atoms with van der Waals surface area (Å²) >= 11 is 0. The van der Waals surface area contributed by atoms with E-state index in [1.54, 1.807) is 40.7 Å². The van der Waals surface area contributed by atoms with Crippen LogP contribution in [0.3, 0.4) is 0 Å². The van der Waals surface area contributed by atoms with E-state index in [9.17, 15) is 33.9 Å². The quantitative estimate of drug-likeness (QED) is 0.0563. The lowest BCUT2D eigenvalue weighted by atomic mass is 9.75. The number of rotatable bonds is 18. The molecule has 0 spiro atoms. The van der Waals surface area contributed by atoms with E-state index in [4.69, 9.17) is 28.4 Å². The van der Waals surface area contributed by atoms with Crippen molar-refractivity contribution in [1.82, 2.24) is 0 Å². The lowest BCUT2D eigenvalue weighted by Gasteiger charge is -2.44. The third kappa shape index (κ3) is 9.32. The van der Waals surface area contributed by atoms with Crippen molar-refractivity contribution in [2.45, 2.75) is 187 Å². The zero-order chi connectivity index (χ0) is 39.7. The Kier molecular flexibility index (Phi) is 15.3. The molecule has 2 aliphatic carbocycles. The zero-order valence-corrected chi connectivity index (χ0v) is 33.0. The minimum atomic E-state index is -2.59. The van der Waals surface area contributed by atoms with Crippen LogP contribution < -0.4 is 0 Å². The lowest BCUT2D eigenvalue weighted by molar-refractivity contribution is -0.229. The standard InChI is InChI=1S/C40H60O13/c1-10-14-16-17-19-21-29(43)49-34-32-31(25(6)33(34)50-36(45)24(5)13-4)35-40(39(9,47)37(46)51-35,53-30(44)22-18-15-11-2)27(48-28(42)20-12-3)23-38(32,8)52-26(7)41/h13,27,32-35,47H,10-12,14-23H2,1-9H3/b24-13-/t27-,32+,33-,34-,35-,38-,39+,40+/m0/s1. The van der Waals surface area contributed by atoms with Gasteiger partial charge in [-0.25, -0.2) is 9.59 Å². The molecule has 1 saturated carbocycles. The van der Waals surface area contributed by atoms with Crippen LogP contribution in [0.15, 0.2) is 22.8 Å². The third-order valence-corrected chi connectivity index (χ3v) is 10.7. The summed E-state index contributed by atoms with van der Waals surface area (Å²) in [5.41, 5.74) is -6.00. The number of carbonyl (C=O) groups is 6. The molecule has 2 fully saturated rings. The highest BCUT2D eigenvalue weighted by Gasteiger charge is 2.78. The topological polar surface area (TPSA) is 178 Å². The normalized spacial score (nSPS) is 30.8. The number of unbranched alkanes of at least 4 members (excludes halogenated alkanes) is 6. The first-order chi connectivity index (χ1) is 24.9. The minimum Gasteiger partial charge on any atom is -0.459 e. The van der Waals surface area contributed by atoms with Crippen molar-refractivity contribution < 1.29 is 62.3 Å². The minimum absolute atomic E-state index is 0.0467. The van der Waals surface area contributed by atoms with Gasteiger partial charge in [0.05, 0.1) is 5.92 Å². The number of hydrogen-bond acceptors (Lipinski definition) is 13. The van der Waals surface area contributed by atoms with Crippen molar-refractivity contribution in [2.75, 3.05) is 0 Å². The summed E-state index contributed by atoms with van der Waals surface area (Å²) in [4.78, 5) is 80.7. The molecule has 13 nitrogen and oxygen atoms in total. The fraction of sp³-hybridized carbons (Fsp3) is 0.750. The van der Waals surface area contributed by atoms with Crippen molar-refractivity contribution in [3.8, 4) is 0 Å². The molecule has 0 aromatic heterocycles. The SMILES string of the molecule is C/C=C(/C)C(=O)O[C@H]1C(C)=C2[C@H]([C@@H]1OC(=O)CCCCCCC)[C@@](C)(OC(C)=O)C[C@H](OC(=O)CCC)[C@@]1(OC(=O)CCCCC)[C@H]2OC(=O)[C@@]1(C)O. The summed E-state index contributed by atoms with van der Waals surface area (Å²) in [5, 5.41) is 12.2. The fourth-order valence-electron chi connectivity index (χ4n) is 7.86. The number of esters is 6. The Balaban J connectivity index is 2.35. The van der Waals surface area contributed by atoms with Crippen LogP contribution in [-0.2, 0) is 57.2 Å². The number of aliphatic hydroxyl groups is 1. The first-order valence-corrected chi connectivity index (χ1v) is 19.2. The van der Waals surface area contributed by atoms with E-state index in [-0.39, 0.29) is 36.0 Å². The second-order valence-corrected chi connectivity index (χ2v) is 15.0. The molecule has 1 heterocycles. The molecule has 13 heteroatoms. The molecule has 0 bridgehead atoms. The van der Waals surface area contributed by atoms with E-state index >= 15 is 0 Å². The molecule has 0 aromatic rings. The average Bonchev–Trinajstić information content (AvgIpc) is 3.42. The first kappa shape index (κ1) is 43.7. The Morgan fingerprint density at radius 2 is 1.40 bits per heavy atom. The molecule has 53 heavy (non-hydrogen) atoms. The molecular formula is C40H60O13. The summed E-state index contributed by atoms with van der Waals surface area (Å²) in [7, 11) is 0. The van der Waals surface area contributed by atoms with Crippen LogP contribution in [0.2, 0.25) is 0 Å². The molecule has 1 N–H and O–H groups in total. The number of allylic oxidation sites excluding steroid dienone is 1. The number of hydrogen-bond donors (Lipinski definition) is 1. The van der Waals surface area contributed by atoms with Crippen molar-refractivity contribution in [1.29, 1.82) is 0 Å². The molecule has 0 radical (unpaired) electrons. The Hall–Kier alpha value is -3.74. The summed E-state index contributed by atoms with van der Waals surface area (Å²) < 4.78 is 36.5. The summed E-state index contributed by atoms with van der Waals surface area (Å²) in [6.45, 7) is 14.5. The van der Waals surface area contributed by atoms with Gasteiger partial charge in [0, 0.05) is 38.2 Å². The van der Waals surface area contributed by atoms with Crippen LogP contribution in [-0.4, -0.2) is 82.1 Å². The van der Waals surface area contributed by atoms with E-state index in [2.05, 4.69) is 6.92 Å². The molecule has 3 rings (SSSR count). The molecule has 3 aliphatic rings. The van der Waals surface area contributed by atoms with Crippen LogP contribution in [0.4, 0.5) is 0 Å². The average molecular weight is 749 g/mol. The van der Waals surface area contributed by atoms with Gasteiger partial charge in [-0.2, -0.15) is 0 Å². The highest BCUT2D eigenvalue weighted by molar-refractivity contribution is 5.88. The maximum Gasteiger partial charge on any atom is 0.343 e. The highest BCUT2D eigenvalue weighted by atomic mass is 16.7. The molecular weight excluding hydrogens is 688 g/mol. The van der Waals surface area contributed by atoms with Crippen molar-refractivity contribution >= 4 is 35.8 Å². The fourth-order valence-corrected chi connectivity index (χ4v) is 7.86. The third-order valence-electron chi connectivity index (χ3n) is 10.7. The van der Waals surface area contributed by atoms with Crippen LogP contribution in [0, 0.1) is 5.92 Å². The van der Waals surface area contributed by atoms with E-state index in [1.165, 1.54) is 6.92 Å². The number of ether oxygens (including phenoxy) is 6. The van der Waals surface area contributed by atoms with Gasteiger partial charge < -0.3 is 33.5 Å². The van der Waals surface area contributed by atoms with Gasteiger partial charge in [0.15, 0.2) is 24.4 Å². The van der Waals surface area contributed by atoms with Crippen LogP contribution in [0.5, 0.6) is 0 Å². The Morgan fingerprint density at radius 1 is 0.811 bits per heavy atom. The molecule has 0 aromatic carbocycles. The highest BCUT2D eigenvalue weighted by Crippen LogP contribution is 2.59. The lowest BCUT2D eigenvalue weighted by Crippen LogP contribution is -2.66. The summed E-state index contributed by atoms with van der Waals surface area (Å²) in [6, 6.07) is 0. The summed E-state index contributed by atoms with van der Waals surface area (Å²) in [6.07, 6.45) is 1.94. The van der Waals surface area contributed by atoms with Gasteiger partial charge in [0.1, 0.15) is 5.60 Å². The van der Waals surface area contributed by atoms with Gasteiger partial charge >= 0.3 is 35.8 Å². The van der Waals surface area contributed by atoms with Crippen LogP contribution in [0.25, 0.3) is 0 Å². The van der Waals surface area contributed by atoms with Gasteiger partial charge in [-0.15, -0.1) is 0 Å². The number of carbonyl (C=O) groups excluding carboxylic acids is 6. The largest absolute Gasteiger partial charge is 0.459 e. The maximum absolute atomic E-state index is 13.8. The zero-order valence-electron chi connectivity index (χ0n) is 33.0. The van der Waals surface area contributed by atoms with E-state index in [0.717, 1.165) is 39.0 Å². The van der Waals surface area contributed by atoms with Gasteiger partial charge in [0.25, 0.3) is 0 Å². The first-order valence-electron chi connectivity index (χ1n) is 19.2. The Morgan fingerprint density at radius 3 is 2.00 bits per heavy atom. The molecule has 0 amide bonds. The predicted molar refractivity (Wildman–Crippen MR) is 192 cm³/mol. The molecule has 0 unspecified atom stereocenters. The predicted octanol–water partition coefficient (Wildman–Crippen LogP) is 6.06. The van der Waals surface area contributed by atoms with E-state index in [0.29, 0.717) is 25.7 Å². The molecule has 298 valence electrons. The molecule has 1 saturated heterocycles. The van der Waals surface area contributed by atoms with Crippen LogP contribution in [0.1, 0.15) is 146 Å². The monoisotopic (exact) mass is 748 g/mol. The smallest absolute Gasteiger partial charge is 0.343 e. The van der Waals surface area contributed by atoms with Gasteiger partial charge in [-0.05, 0) is 65.0 Å². The van der Waals surface area contributed by atoms with E-state index < -0.39 is 89.4 Å². The second-order valence-electron chi connectivity index (χ2n) is 15.0. The molecule has 8 atom stereocenters. The van der Waals surface area contributed by atoms with Gasteiger partial charge in [0.2, 0.25) is 11.2 Å². The van der Waals surface area contributed by atoms with Crippen molar-refractivity contribution in [3.05, 3.63) is 22.8 Å². The molecule has 1 aliphatic heterocycles. The van der Waals surface area contributed by atoms with Crippen LogP contribution >= 0.6 is 0 Å². The van der Waals surface area contributed by atoms with Gasteiger partial charge in [-0.3, -0.25) is 19.2 Å². The van der Waals surface area contributed by atoms with Crippen molar-refractivity contribution in [3.63, 3.8) is 0 Å². The maximum atomic E-state index is 13.8. The van der Waals surface area contributed by atoms with E-state index in [1.807, 2.05) is 6.92 Å². The Labute approximate surface area is 313 Å². The van der Waals surface area contributed by atoms with Crippen molar-refractivity contribution in [2.24, 2.45) is 5.92 Å². The summed E-state index contributed by atoms with van der Waals surface area (Å²) in [5.74, 6) is -5.86. The number of fused-ring (bicyclic) bond motifs is 3. The second kappa shape index (κ2) is 18.5.